The maximum atomic E-state index is 2.45. The van der Waals surface area contributed by atoms with Crippen molar-refractivity contribution in [1.82, 2.24) is 0 Å². The summed E-state index contributed by atoms with van der Waals surface area (Å²) in [5.74, 6) is 6.95. The molecule has 0 aromatic heterocycles. The molecule has 0 spiro atoms. The smallest absolute Gasteiger partial charge is 0.00815 e. The van der Waals surface area contributed by atoms with Crippen molar-refractivity contribution in [2.45, 2.75) is 107 Å². The van der Waals surface area contributed by atoms with E-state index in [1.807, 2.05) is 0 Å². The van der Waals surface area contributed by atoms with Gasteiger partial charge in [-0.3, -0.25) is 0 Å². The number of hydrogen-bond donors (Lipinski definition) is 0. The molecule has 0 nitrogen and oxygen atoms in total. The summed E-state index contributed by atoms with van der Waals surface area (Å²) in [6.07, 6.45) is 24.6. The first-order chi connectivity index (χ1) is 12.2. The van der Waals surface area contributed by atoms with E-state index in [2.05, 4.69) is 6.92 Å². The molecule has 0 aromatic rings. The van der Waals surface area contributed by atoms with Crippen molar-refractivity contribution >= 4 is 7.92 Å². The molecule has 8 aliphatic carbocycles. The molecule has 0 N–H and O–H groups in total. The first-order valence-corrected chi connectivity index (χ1v) is 13.5. The Balaban J connectivity index is 1.37. The van der Waals surface area contributed by atoms with Gasteiger partial charge >= 0.3 is 0 Å². The molecule has 8 bridgehead atoms. The fourth-order valence-electron chi connectivity index (χ4n) is 10.1. The normalized spacial score (nSPS) is 56.5. The van der Waals surface area contributed by atoms with Gasteiger partial charge in [-0.25, -0.2) is 0 Å². The lowest BCUT2D eigenvalue weighted by molar-refractivity contribution is 0.0185. The minimum Gasteiger partial charge on any atom is -0.0939 e. The largest absolute Gasteiger partial charge is 0.0939 e. The first-order valence-electron chi connectivity index (χ1n) is 11.9. The van der Waals surface area contributed by atoms with E-state index in [1.165, 1.54) is 6.42 Å². The monoisotopic (exact) mass is 358 g/mol. The Labute approximate surface area is 157 Å². The number of rotatable bonds is 5. The van der Waals surface area contributed by atoms with Crippen LogP contribution in [-0.4, -0.2) is 16.5 Å². The molecule has 0 radical (unpaired) electrons. The Hall–Kier alpha value is 0.430. The van der Waals surface area contributed by atoms with E-state index in [0.29, 0.717) is 0 Å². The molecule has 0 amide bonds. The van der Waals surface area contributed by atoms with Crippen LogP contribution in [-0.2, 0) is 0 Å². The third-order valence-electron chi connectivity index (χ3n) is 9.89. The molecule has 0 saturated heterocycles. The Kier molecular flexibility index (Phi) is 3.75. The van der Waals surface area contributed by atoms with Crippen LogP contribution >= 0.6 is 7.92 Å². The lowest BCUT2D eigenvalue weighted by atomic mass is 9.55. The zero-order valence-electron chi connectivity index (χ0n) is 16.5. The summed E-state index contributed by atoms with van der Waals surface area (Å²) in [7, 11) is 0.285. The molecule has 0 aromatic carbocycles. The first kappa shape index (κ1) is 16.4. The number of unbranched alkanes of at least 4 members (excludes halogenated alkanes) is 1. The maximum absolute atomic E-state index is 2.45. The van der Waals surface area contributed by atoms with E-state index in [1.54, 1.807) is 89.6 Å². The van der Waals surface area contributed by atoms with Crippen LogP contribution in [0.4, 0.5) is 0 Å². The van der Waals surface area contributed by atoms with Gasteiger partial charge in [-0.1, -0.05) is 21.3 Å². The van der Waals surface area contributed by atoms with Crippen LogP contribution in [0.3, 0.4) is 0 Å². The molecule has 8 rings (SSSR count). The van der Waals surface area contributed by atoms with Gasteiger partial charge < -0.3 is 0 Å². The van der Waals surface area contributed by atoms with Crippen LogP contribution in [0.2, 0.25) is 0 Å². The third kappa shape index (κ3) is 2.48. The van der Waals surface area contributed by atoms with Gasteiger partial charge in [0.05, 0.1) is 0 Å². The summed E-state index contributed by atoms with van der Waals surface area (Å²) in [6.45, 7) is 2.45. The average Bonchev–Trinajstić information content (AvgIpc) is 2.52. The van der Waals surface area contributed by atoms with Crippen molar-refractivity contribution in [3.05, 3.63) is 0 Å². The molecule has 0 atom stereocenters. The molecular formula is C24H39P. The van der Waals surface area contributed by atoms with Crippen LogP contribution in [0.15, 0.2) is 0 Å². The number of hydrogen-bond acceptors (Lipinski definition) is 0. The lowest BCUT2D eigenvalue weighted by Crippen LogP contribution is -2.56. The van der Waals surface area contributed by atoms with Gasteiger partial charge in [-0.05, 0) is 135 Å². The van der Waals surface area contributed by atoms with Crippen molar-refractivity contribution in [3.63, 3.8) is 0 Å². The second kappa shape index (κ2) is 5.72. The highest BCUT2D eigenvalue weighted by Crippen LogP contribution is 2.78. The van der Waals surface area contributed by atoms with E-state index < -0.39 is 0 Å². The van der Waals surface area contributed by atoms with Gasteiger partial charge in [0.25, 0.3) is 0 Å². The highest BCUT2D eigenvalue weighted by molar-refractivity contribution is 7.61. The molecule has 8 aliphatic rings. The van der Waals surface area contributed by atoms with Crippen LogP contribution in [0.5, 0.6) is 0 Å². The molecule has 140 valence electrons. The summed E-state index contributed by atoms with van der Waals surface area (Å²) in [4.78, 5) is 0. The van der Waals surface area contributed by atoms with E-state index >= 15 is 0 Å². The van der Waals surface area contributed by atoms with Crippen LogP contribution in [0, 0.1) is 35.5 Å². The van der Waals surface area contributed by atoms with Gasteiger partial charge in [-0.15, -0.1) is 0 Å². The second-order valence-corrected chi connectivity index (χ2v) is 15.0. The summed E-state index contributed by atoms with van der Waals surface area (Å²) in [5, 5.41) is 1.76. The van der Waals surface area contributed by atoms with Crippen LogP contribution < -0.4 is 0 Å². The van der Waals surface area contributed by atoms with Gasteiger partial charge in [0.1, 0.15) is 0 Å². The molecular weight excluding hydrogens is 319 g/mol. The van der Waals surface area contributed by atoms with Crippen molar-refractivity contribution < 1.29 is 0 Å². The molecule has 25 heavy (non-hydrogen) atoms. The van der Waals surface area contributed by atoms with E-state index in [4.69, 9.17) is 0 Å². The molecule has 0 unspecified atom stereocenters. The fourth-order valence-corrected chi connectivity index (χ4v) is 15.5. The van der Waals surface area contributed by atoms with Crippen molar-refractivity contribution in [3.8, 4) is 0 Å². The SMILES string of the molecule is CCCCP(C12C[C@H]3C[C@@H](C1)C[C@@H](C2)C3)[C@]12C[C@H]3C[C@H](C[C@H](C3)C1)C2. The van der Waals surface area contributed by atoms with E-state index in [0.717, 1.165) is 45.8 Å². The topological polar surface area (TPSA) is 0 Å². The highest BCUT2D eigenvalue weighted by atomic mass is 31.1. The van der Waals surface area contributed by atoms with Crippen LogP contribution in [0.1, 0.15) is 96.8 Å². The molecule has 1 heteroatoms. The van der Waals surface area contributed by atoms with Gasteiger partial charge in [0.15, 0.2) is 0 Å². The predicted octanol–water partition coefficient (Wildman–Crippen LogP) is 7.21. The highest BCUT2D eigenvalue weighted by Gasteiger charge is 2.62. The summed E-state index contributed by atoms with van der Waals surface area (Å²) in [6, 6.07) is 0. The average molecular weight is 359 g/mol. The molecule has 8 fully saturated rings. The lowest BCUT2D eigenvalue weighted by Gasteiger charge is -2.67. The summed E-state index contributed by atoms with van der Waals surface area (Å²) < 4.78 is 0. The minimum atomic E-state index is 0.285. The second-order valence-electron chi connectivity index (χ2n) is 11.8. The van der Waals surface area contributed by atoms with Gasteiger partial charge in [0.2, 0.25) is 0 Å². The molecule has 0 heterocycles. The van der Waals surface area contributed by atoms with Gasteiger partial charge in [0, 0.05) is 0 Å². The summed E-state index contributed by atoms with van der Waals surface area (Å²) in [5.41, 5.74) is 0. The summed E-state index contributed by atoms with van der Waals surface area (Å²) >= 11 is 0. The Morgan fingerprint density at radius 1 is 0.600 bits per heavy atom. The van der Waals surface area contributed by atoms with Crippen molar-refractivity contribution in [1.29, 1.82) is 0 Å². The van der Waals surface area contributed by atoms with Gasteiger partial charge in [-0.2, -0.15) is 0 Å². The van der Waals surface area contributed by atoms with E-state index in [9.17, 15) is 0 Å². The Morgan fingerprint density at radius 2 is 0.920 bits per heavy atom. The quantitative estimate of drug-likeness (QED) is 0.456. The predicted molar refractivity (Wildman–Crippen MR) is 109 cm³/mol. The maximum Gasteiger partial charge on any atom is -0.00815 e. The van der Waals surface area contributed by atoms with Crippen molar-refractivity contribution in [2.24, 2.45) is 35.5 Å². The van der Waals surface area contributed by atoms with E-state index in [-0.39, 0.29) is 7.92 Å². The zero-order chi connectivity index (χ0) is 16.6. The Bertz CT molecular complexity index is 420. The standard InChI is InChI=1S/C24H39P/c1-2-3-4-25(23-11-17-5-18(12-23)7-19(6-17)13-23)24-14-20-8-21(15-24)10-22(9-20)16-24/h17-22H,2-16H2,1H3/t17-,18+,19-,20-,21+,22-,23-,24?,25?. The Morgan fingerprint density at radius 3 is 1.20 bits per heavy atom. The van der Waals surface area contributed by atoms with Crippen LogP contribution in [0.25, 0.3) is 0 Å². The molecule has 8 saturated carbocycles. The van der Waals surface area contributed by atoms with Crippen molar-refractivity contribution in [2.75, 3.05) is 6.16 Å². The zero-order valence-corrected chi connectivity index (χ0v) is 17.4. The minimum absolute atomic E-state index is 0.285. The fraction of sp³-hybridized carbons (Fsp3) is 1.00. The third-order valence-corrected chi connectivity index (χ3v) is 14.0. The molecule has 0 aliphatic heterocycles.